The highest BCUT2D eigenvalue weighted by Gasteiger charge is 2.32. The lowest BCUT2D eigenvalue weighted by molar-refractivity contribution is 0.182. The molecule has 1 aromatic heterocycles. The van der Waals surface area contributed by atoms with Crippen molar-refractivity contribution in [2.75, 3.05) is 11.9 Å². The Morgan fingerprint density at radius 1 is 0.960 bits per heavy atom. The average Bonchev–Trinajstić information content (AvgIpc) is 3.12. The van der Waals surface area contributed by atoms with Crippen LogP contribution in [0.15, 0.2) is 72.9 Å². The zero-order valence-electron chi connectivity index (χ0n) is 14.2. The molecule has 0 radical (unpaired) electrons. The van der Waals surface area contributed by atoms with Gasteiger partial charge in [-0.2, -0.15) is 0 Å². The highest BCUT2D eigenvalue weighted by molar-refractivity contribution is 5.90. The van der Waals surface area contributed by atoms with Gasteiger partial charge in [0.1, 0.15) is 0 Å². The largest absolute Gasteiger partial charge is 0.348 e. The Kier molecular flexibility index (Phi) is 4.02. The number of urea groups is 1. The van der Waals surface area contributed by atoms with E-state index in [1.807, 2.05) is 60.4 Å². The Morgan fingerprint density at radius 3 is 2.48 bits per heavy atom. The van der Waals surface area contributed by atoms with E-state index in [9.17, 15) is 4.79 Å². The number of nitrogens with zero attached hydrogens (tertiary/aromatic N) is 2. The zero-order valence-corrected chi connectivity index (χ0v) is 14.2. The number of anilines is 1. The molecule has 1 aliphatic rings. The van der Waals surface area contributed by atoms with Crippen molar-refractivity contribution in [3.05, 3.63) is 89.7 Å². The average molecular weight is 331 g/mol. The fourth-order valence-corrected chi connectivity index (χ4v) is 3.42. The van der Waals surface area contributed by atoms with Crippen molar-refractivity contribution in [3.8, 4) is 0 Å². The second-order valence-corrected chi connectivity index (χ2v) is 6.43. The molecule has 0 fully saturated rings. The normalized spacial score (nSPS) is 16.4. The summed E-state index contributed by atoms with van der Waals surface area (Å²) in [5, 5.41) is 3.04. The molecule has 0 saturated heterocycles. The molecule has 0 bridgehead atoms. The van der Waals surface area contributed by atoms with Crippen LogP contribution in [0.25, 0.3) is 0 Å². The molecule has 2 heterocycles. The second kappa shape index (κ2) is 6.48. The van der Waals surface area contributed by atoms with Gasteiger partial charge in [0.2, 0.25) is 0 Å². The maximum absolute atomic E-state index is 13.0. The standard InChI is InChI=1S/C21H21N3O/c1-16-9-11-18(12-10-16)22-21(25)24-15-14-23-13-5-8-19(23)20(24)17-6-3-2-4-7-17/h2-13,20H,14-15H2,1H3,(H,22,25)/t20-/m0/s1. The molecule has 0 unspecified atom stereocenters. The van der Waals surface area contributed by atoms with E-state index in [1.165, 1.54) is 5.56 Å². The number of amides is 2. The van der Waals surface area contributed by atoms with Crippen molar-refractivity contribution in [2.24, 2.45) is 0 Å². The summed E-state index contributed by atoms with van der Waals surface area (Å²) >= 11 is 0. The van der Waals surface area contributed by atoms with Crippen LogP contribution in [-0.2, 0) is 6.54 Å². The monoisotopic (exact) mass is 331 g/mol. The number of benzene rings is 2. The predicted molar refractivity (Wildman–Crippen MR) is 99.6 cm³/mol. The fraction of sp³-hybridized carbons (Fsp3) is 0.190. The topological polar surface area (TPSA) is 37.3 Å². The summed E-state index contributed by atoms with van der Waals surface area (Å²) in [4.78, 5) is 14.9. The van der Waals surface area contributed by atoms with Gasteiger partial charge in [-0.15, -0.1) is 0 Å². The number of rotatable bonds is 2. The molecule has 25 heavy (non-hydrogen) atoms. The molecular weight excluding hydrogens is 310 g/mol. The van der Waals surface area contributed by atoms with Gasteiger partial charge in [0.05, 0.1) is 6.04 Å². The predicted octanol–water partition coefficient (Wildman–Crippen LogP) is 4.43. The third kappa shape index (κ3) is 3.03. The molecule has 4 nitrogen and oxygen atoms in total. The molecule has 1 atom stereocenters. The van der Waals surface area contributed by atoms with Gasteiger partial charge in [-0.25, -0.2) is 4.79 Å². The minimum atomic E-state index is -0.0737. The second-order valence-electron chi connectivity index (χ2n) is 6.43. The first kappa shape index (κ1) is 15.5. The molecule has 4 heteroatoms. The van der Waals surface area contributed by atoms with Crippen molar-refractivity contribution in [1.29, 1.82) is 0 Å². The van der Waals surface area contributed by atoms with E-state index >= 15 is 0 Å². The van der Waals surface area contributed by atoms with Crippen molar-refractivity contribution in [3.63, 3.8) is 0 Å². The molecule has 1 aliphatic heterocycles. The van der Waals surface area contributed by atoms with Gasteiger partial charge in [-0.3, -0.25) is 0 Å². The third-order valence-corrected chi connectivity index (χ3v) is 4.72. The van der Waals surface area contributed by atoms with Crippen molar-refractivity contribution < 1.29 is 4.79 Å². The number of nitrogens with one attached hydrogen (secondary N) is 1. The molecule has 1 N–H and O–H groups in total. The minimum Gasteiger partial charge on any atom is -0.348 e. The number of hydrogen-bond donors (Lipinski definition) is 1. The van der Waals surface area contributed by atoms with E-state index in [2.05, 4.69) is 34.3 Å². The number of carbonyl (C=O) groups excluding carboxylic acids is 1. The quantitative estimate of drug-likeness (QED) is 0.741. The maximum Gasteiger partial charge on any atom is 0.322 e. The summed E-state index contributed by atoms with van der Waals surface area (Å²) in [5.41, 5.74) is 4.28. The first-order chi connectivity index (χ1) is 12.2. The lowest BCUT2D eigenvalue weighted by Gasteiger charge is -2.37. The third-order valence-electron chi connectivity index (χ3n) is 4.72. The lowest BCUT2D eigenvalue weighted by Crippen LogP contribution is -2.44. The van der Waals surface area contributed by atoms with Crippen LogP contribution in [0.3, 0.4) is 0 Å². The first-order valence-corrected chi connectivity index (χ1v) is 8.56. The number of aromatic nitrogens is 1. The fourth-order valence-electron chi connectivity index (χ4n) is 3.42. The summed E-state index contributed by atoms with van der Waals surface area (Å²) in [6.07, 6.45) is 2.08. The zero-order chi connectivity index (χ0) is 17.2. The number of carbonyl (C=O) groups is 1. The smallest absolute Gasteiger partial charge is 0.322 e. The van der Waals surface area contributed by atoms with E-state index in [-0.39, 0.29) is 12.1 Å². The van der Waals surface area contributed by atoms with Gasteiger partial charge in [0.15, 0.2) is 0 Å². The minimum absolute atomic E-state index is 0.0647. The summed E-state index contributed by atoms with van der Waals surface area (Å²) in [5.74, 6) is 0. The van der Waals surface area contributed by atoms with Crippen molar-refractivity contribution in [1.82, 2.24) is 9.47 Å². The Bertz CT molecular complexity index is 868. The van der Waals surface area contributed by atoms with E-state index in [0.717, 1.165) is 23.5 Å². The van der Waals surface area contributed by atoms with Gasteiger partial charge >= 0.3 is 6.03 Å². The molecule has 0 spiro atoms. The summed E-state index contributed by atoms with van der Waals surface area (Å²) in [6, 6.07) is 22.1. The molecule has 3 aromatic rings. The van der Waals surface area contributed by atoms with Crippen LogP contribution in [0, 0.1) is 6.92 Å². The van der Waals surface area contributed by atoms with Crippen LogP contribution in [0.1, 0.15) is 22.9 Å². The highest BCUT2D eigenvalue weighted by Crippen LogP contribution is 2.32. The van der Waals surface area contributed by atoms with Crippen LogP contribution in [-0.4, -0.2) is 22.0 Å². The van der Waals surface area contributed by atoms with E-state index in [0.29, 0.717) is 6.54 Å². The van der Waals surface area contributed by atoms with E-state index in [4.69, 9.17) is 0 Å². The van der Waals surface area contributed by atoms with E-state index < -0.39 is 0 Å². The molecule has 2 aromatic carbocycles. The number of fused-ring (bicyclic) bond motifs is 1. The number of aryl methyl sites for hydroxylation is 1. The van der Waals surface area contributed by atoms with Crippen LogP contribution in [0.4, 0.5) is 10.5 Å². The Labute approximate surface area is 147 Å². The molecular formula is C21H21N3O. The van der Waals surface area contributed by atoms with Gasteiger partial charge in [-0.1, -0.05) is 48.0 Å². The Morgan fingerprint density at radius 2 is 1.72 bits per heavy atom. The Hall–Kier alpha value is -3.01. The summed E-state index contributed by atoms with van der Waals surface area (Å²) in [7, 11) is 0. The van der Waals surface area contributed by atoms with Gasteiger partial charge in [0, 0.05) is 30.7 Å². The SMILES string of the molecule is Cc1ccc(NC(=O)N2CCn3cccc3[C@@H]2c2ccccc2)cc1. The van der Waals surface area contributed by atoms with Crippen molar-refractivity contribution in [2.45, 2.75) is 19.5 Å². The first-order valence-electron chi connectivity index (χ1n) is 8.56. The molecule has 126 valence electrons. The molecule has 0 aliphatic carbocycles. The molecule has 4 rings (SSSR count). The van der Waals surface area contributed by atoms with Crippen LogP contribution < -0.4 is 5.32 Å². The van der Waals surface area contributed by atoms with Gasteiger partial charge in [0.25, 0.3) is 0 Å². The summed E-state index contributed by atoms with van der Waals surface area (Å²) < 4.78 is 2.23. The molecule has 0 saturated carbocycles. The number of hydrogen-bond acceptors (Lipinski definition) is 1. The van der Waals surface area contributed by atoms with Crippen molar-refractivity contribution >= 4 is 11.7 Å². The van der Waals surface area contributed by atoms with Crippen LogP contribution in [0.5, 0.6) is 0 Å². The van der Waals surface area contributed by atoms with Gasteiger partial charge < -0.3 is 14.8 Å². The van der Waals surface area contributed by atoms with Gasteiger partial charge in [-0.05, 0) is 36.8 Å². The van der Waals surface area contributed by atoms with E-state index in [1.54, 1.807) is 0 Å². The highest BCUT2D eigenvalue weighted by atomic mass is 16.2. The lowest BCUT2D eigenvalue weighted by atomic mass is 10.0. The van der Waals surface area contributed by atoms with Crippen LogP contribution in [0.2, 0.25) is 0 Å². The van der Waals surface area contributed by atoms with Crippen LogP contribution >= 0.6 is 0 Å². The summed E-state index contributed by atoms with van der Waals surface area (Å²) in [6.45, 7) is 3.53. The Balaban J connectivity index is 1.65. The molecule has 2 amide bonds. The maximum atomic E-state index is 13.0.